The summed E-state index contributed by atoms with van der Waals surface area (Å²) < 4.78 is 0. The molecule has 0 unspecified atom stereocenters. The van der Waals surface area contributed by atoms with Crippen molar-refractivity contribution in [1.82, 2.24) is 4.98 Å². The van der Waals surface area contributed by atoms with E-state index in [0.29, 0.717) is 12.3 Å². The molecule has 1 amide bonds. The predicted molar refractivity (Wildman–Crippen MR) is 93.9 cm³/mol. The predicted octanol–water partition coefficient (Wildman–Crippen LogP) is 4.05. The number of rotatable bonds is 3. The van der Waals surface area contributed by atoms with Crippen LogP contribution in [-0.2, 0) is 4.79 Å². The van der Waals surface area contributed by atoms with E-state index in [-0.39, 0.29) is 11.5 Å². The first-order valence-electron chi connectivity index (χ1n) is 8.47. The Hall–Kier alpha value is -2.10. The van der Waals surface area contributed by atoms with E-state index in [2.05, 4.69) is 10.3 Å². The van der Waals surface area contributed by atoms with Crippen LogP contribution in [0.5, 0.6) is 0 Å². The summed E-state index contributed by atoms with van der Waals surface area (Å²) in [6, 6.07) is 5.72. The van der Waals surface area contributed by atoms with Gasteiger partial charge in [-0.3, -0.25) is 9.59 Å². The van der Waals surface area contributed by atoms with Crippen molar-refractivity contribution in [2.45, 2.75) is 52.4 Å². The summed E-state index contributed by atoms with van der Waals surface area (Å²) in [5.41, 5.74) is 3.18. The number of fused-ring (bicyclic) bond motifs is 1. The standard InChI is InChI=1S/C19H24N2O2/c1-12-13(2)19(23)21-17-11-15(8-9-16(12)17)20-18(22)10-14-6-4-3-5-7-14/h8-9,11,14H,3-7,10H2,1-2H3,(H,20,22)(H,21,23). The van der Waals surface area contributed by atoms with Crippen LogP contribution >= 0.6 is 0 Å². The fourth-order valence-electron chi connectivity index (χ4n) is 3.51. The lowest BCUT2D eigenvalue weighted by molar-refractivity contribution is -0.117. The van der Waals surface area contributed by atoms with E-state index >= 15 is 0 Å². The number of aromatic nitrogens is 1. The first kappa shape index (κ1) is 15.8. The first-order valence-corrected chi connectivity index (χ1v) is 8.47. The first-order chi connectivity index (χ1) is 11.0. The molecule has 0 spiro atoms. The summed E-state index contributed by atoms with van der Waals surface area (Å²) >= 11 is 0. The minimum atomic E-state index is -0.0688. The second-order valence-electron chi connectivity index (χ2n) is 6.72. The molecule has 1 saturated carbocycles. The van der Waals surface area contributed by atoms with Gasteiger partial charge in [0.05, 0.1) is 5.52 Å². The van der Waals surface area contributed by atoms with Gasteiger partial charge in [-0.2, -0.15) is 0 Å². The van der Waals surface area contributed by atoms with Gasteiger partial charge in [0.2, 0.25) is 5.91 Å². The molecule has 4 heteroatoms. The molecule has 2 aromatic rings. The molecule has 23 heavy (non-hydrogen) atoms. The van der Waals surface area contributed by atoms with Crippen LogP contribution in [0.4, 0.5) is 5.69 Å². The van der Waals surface area contributed by atoms with Gasteiger partial charge in [0, 0.05) is 23.1 Å². The molecule has 1 aromatic carbocycles. The largest absolute Gasteiger partial charge is 0.326 e. The highest BCUT2D eigenvalue weighted by molar-refractivity contribution is 5.94. The summed E-state index contributed by atoms with van der Waals surface area (Å²) in [5.74, 6) is 0.594. The van der Waals surface area contributed by atoms with Crippen LogP contribution in [0.25, 0.3) is 10.9 Å². The van der Waals surface area contributed by atoms with Gasteiger partial charge in [-0.1, -0.05) is 25.3 Å². The lowest BCUT2D eigenvalue weighted by Crippen LogP contribution is -2.18. The SMILES string of the molecule is Cc1c(C)c2ccc(NC(=O)CC3CCCCC3)cc2[nH]c1=O. The van der Waals surface area contributed by atoms with Crippen LogP contribution in [0.2, 0.25) is 0 Å². The number of aromatic amines is 1. The molecule has 0 radical (unpaired) electrons. The minimum absolute atomic E-state index is 0.0688. The zero-order valence-electron chi connectivity index (χ0n) is 13.9. The average Bonchev–Trinajstić information content (AvgIpc) is 2.53. The Labute approximate surface area is 136 Å². The zero-order valence-corrected chi connectivity index (χ0v) is 13.9. The number of benzene rings is 1. The molecule has 1 aromatic heterocycles. The number of carbonyl (C=O) groups is 1. The highest BCUT2D eigenvalue weighted by Crippen LogP contribution is 2.27. The third kappa shape index (κ3) is 3.46. The van der Waals surface area contributed by atoms with Gasteiger partial charge in [0.15, 0.2) is 0 Å². The van der Waals surface area contributed by atoms with Gasteiger partial charge in [-0.05, 0) is 50.3 Å². The van der Waals surface area contributed by atoms with Crippen molar-refractivity contribution in [3.63, 3.8) is 0 Å². The molecule has 1 aliphatic rings. The quantitative estimate of drug-likeness (QED) is 0.898. The number of aryl methyl sites for hydroxylation is 1. The molecule has 1 aliphatic carbocycles. The lowest BCUT2D eigenvalue weighted by Gasteiger charge is -2.20. The van der Waals surface area contributed by atoms with Crippen molar-refractivity contribution in [2.75, 3.05) is 5.32 Å². The van der Waals surface area contributed by atoms with Crippen LogP contribution in [0.1, 0.15) is 49.7 Å². The Morgan fingerprint density at radius 3 is 2.65 bits per heavy atom. The van der Waals surface area contributed by atoms with Gasteiger partial charge in [0.1, 0.15) is 0 Å². The lowest BCUT2D eigenvalue weighted by atomic mass is 9.87. The monoisotopic (exact) mass is 312 g/mol. The molecule has 0 saturated heterocycles. The van der Waals surface area contributed by atoms with Crippen LogP contribution < -0.4 is 10.9 Å². The molecule has 2 N–H and O–H groups in total. The van der Waals surface area contributed by atoms with Crippen molar-refractivity contribution in [2.24, 2.45) is 5.92 Å². The summed E-state index contributed by atoms with van der Waals surface area (Å²) in [5, 5.41) is 3.99. The van der Waals surface area contributed by atoms with E-state index in [1.165, 1.54) is 19.3 Å². The molecule has 0 aliphatic heterocycles. The zero-order chi connectivity index (χ0) is 16.4. The van der Waals surface area contributed by atoms with Gasteiger partial charge in [0.25, 0.3) is 5.56 Å². The number of pyridine rings is 1. The molecule has 3 rings (SSSR count). The number of carbonyl (C=O) groups excluding carboxylic acids is 1. The normalized spacial score (nSPS) is 15.7. The van der Waals surface area contributed by atoms with Gasteiger partial charge >= 0.3 is 0 Å². The number of H-pyrrole nitrogens is 1. The van der Waals surface area contributed by atoms with Crippen LogP contribution in [0.15, 0.2) is 23.0 Å². The van der Waals surface area contributed by atoms with E-state index in [1.807, 2.05) is 32.0 Å². The molecular formula is C19H24N2O2. The maximum atomic E-state index is 12.2. The summed E-state index contributed by atoms with van der Waals surface area (Å²) in [7, 11) is 0. The Morgan fingerprint density at radius 1 is 1.17 bits per heavy atom. The molecule has 4 nitrogen and oxygen atoms in total. The Balaban J connectivity index is 1.76. The number of nitrogens with one attached hydrogen (secondary N) is 2. The van der Waals surface area contributed by atoms with E-state index in [0.717, 1.165) is 40.6 Å². The van der Waals surface area contributed by atoms with E-state index < -0.39 is 0 Å². The third-order valence-corrected chi connectivity index (χ3v) is 5.06. The molecule has 0 bridgehead atoms. The topological polar surface area (TPSA) is 62.0 Å². The van der Waals surface area contributed by atoms with Gasteiger partial charge < -0.3 is 10.3 Å². The van der Waals surface area contributed by atoms with Crippen molar-refractivity contribution in [3.8, 4) is 0 Å². The van der Waals surface area contributed by atoms with E-state index in [1.54, 1.807) is 0 Å². The third-order valence-electron chi connectivity index (χ3n) is 5.06. The number of amides is 1. The smallest absolute Gasteiger partial charge is 0.251 e. The Bertz CT molecular complexity index is 786. The molecule has 0 atom stereocenters. The highest BCUT2D eigenvalue weighted by atomic mass is 16.1. The molecule has 122 valence electrons. The van der Waals surface area contributed by atoms with Crippen molar-refractivity contribution in [3.05, 3.63) is 39.7 Å². The van der Waals surface area contributed by atoms with Crippen LogP contribution in [0.3, 0.4) is 0 Å². The average molecular weight is 312 g/mol. The number of hydrogen-bond donors (Lipinski definition) is 2. The molecule has 1 heterocycles. The van der Waals surface area contributed by atoms with Crippen LogP contribution in [-0.4, -0.2) is 10.9 Å². The summed E-state index contributed by atoms with van der Waals surface area (Å²) in [4.78, 5) is 27.0. The maximum absolute atomic E-state index is 12.2. The highest BCUT2D eigenvalue weighted by Gasteiger charge is 2.17. The number of anilines is 1. The second-order valence-corrected chi connectivity index (χ2v) is 6.72. The van der Waals surface area contributed by atoms with E-state index in [9.17, 15) is 9.59 Å². The van der Waals surface area contributed by atoms with Gasteiger partial charge in [-0.25, -0.2) is 0 Å². The van der Waals surface area contributed by atoms with Crippen molar-refractivity contribution in [1.29, 1.82) is 0 Å². The Kier molecular flexibility index (Phi) is 4.51. The van der Waals surface area contributed by atoms with Crippen LogP contribution in [0, 0.1) is 19.8 Å². The Morgan fingerprint density at radius 2 is 1.91 bits per heavy atom. The molecular weight excluding hydrogens is 288 g/mol. The summed E-state index contributed by atoms with van der Waals surface area (Å²) in [6.07, 6.45) is 6.71. The fraction of sp³-hybridized carbons (Fsp3) is 0.474. The maximum Gasteiger partial charge on any atom is 0.251 e. The number of hydrogen-bond acceptors (Lipinski definition) is 2. The summed E-state index contributed by atoms with van der Waals surface area (Å²) in [6.45, 7) is 3.78. The van der Waals surface area contributed by atoms with Crippen molar-refractivity contribution >= 4 is 22.5 Å². The fourth-order valence-corrected chi connectivity index (χ4v) is 3.51. The van der Waals surface area contributed by atoms with Crippen molar-refractivity contribution < 1.29 is 4.79 Å². The minimum Gasteiger partial charge on any atom is -0.326 e. The molecule has 1 fully saturated rings. The second kappa shape index (κ2) is 6.57. The van der Waals surface area contributed by atoms with Gasteiger partial charge in [-0.15, -0.1) is 0 Å². The van der Waals surface area contributed by atoms with E-state index in [4.69, 9.17) is 0 Å².